The van der Waals surface area contributed by atoms with E-state index in [2.05, 4.69) is 242 Å². The smallest absolute Gasteiger partial charge is 0.0540 e. The van der Waals surface area contributed by atoms with Crippen molar-refractivity contribution in [2.45, 2.75) is 19.3 Å². The monoisotopic (exact) mass is 730 g/mol. The van der Waals surface area contributed by atoms with Crippen LogP contribution >= 0.6 is 0 Å². The molecule has 0 saturated carbocycles. The lowest BCUT2D eigenvalue weighted by atomic mass is 9.82. The van der Waals surface area contributed by atoms with Crippen LogP contribution in [0.1, 0.15) is 25.0 Å². The van der Waals surface area contributed by atoms with Crippen LogP contribution in [-0.4, -0.2) is 0 Å². The minimum Gasteiger partial charge on any atom is -0.310 e. The van der Waals surface area contributed by atoms with Crippen molar-refractivity contribution in [3.05, 3.63) is 230 Å². The molecule has 1 aliphatic rings. The molecule has 0 bridgehead atoms. The van der Waals surface area contributed by atoms with E-state index in [1.54, 1.807) is 0 Å². The van der Waals surface area contributed by atoms with Crippen LogP contribution in [0.4, 0.5) is 34.1 Å². The molecule has 272 valence electrons. The molecule has 57 heavy (non-hydrogen) atoms. The Labute approximate surface area is 335 Å². The van der Waals surface area contributed by atoms with Crippen molar-refractivity contribution in [3.8, 4) is 33.4 Å². The third kappa shape index (κ3) is 5.98. The summed E-state index contributed by atoms with van der Waals surface area (Å²) in [6, 6.07) is 79.2. The molecule has 0 atom stereocenters. The van der Waals surface area contributed by atoms with E-state index < -0.39 is 0 Å². The highest BCUT2D eigenvalue weighted by atomic mass is 15.2. The fraction of sp³-hybridized carbons (Fsp3) is 0.0545. The second kappa shape index (κ2) is 14.2. The molecular formula is C55H42N2. The van der Waals surface area contributed by atoms with Crippen molar-refractivity contribution in [3.63, 3.8) is 0 Å². The first-order chi connectivity index (χ1) is 28.1. The predicted molar refractivity (Wildman–Crippen MR) is 242 cm³/mol. The summed E-state index contributed by atoms with van der Waals surface area (Å²) in [5, 5.41) is 2.43. The molecule has 2 heteroatoms. The summed E-state index contributed by atoms with van der Waals surface area (Å²) >= 11 is 0. The summed E-state index contributed by atoms with van der Waals surface area (Å²) in [6.45, 7) is 4.70. The van der Waals surface area contributed by atoms with E-state index >= 15 is 0 Å². The Hall–Kier alpha value is -7.16. The molecular weight excluding hydrogens is 689 g/mol. The average Bonchev–Trinajstić information content (AvgIpc) is 3.50. The van der Waals surface area contributed by atoms with Crippen molar-refractivity contribution < 1.29 is 0 Å². The van der Waals surface area contributed by atoms with Gasteiger partial charge in [0.05, 0.1) is 17.1 Å². The van der Waals surface area contributed by atoms with Crippen molar-refractivity contribution in [2.24, 2.45) is 0 Å². The van der Waals surface area contributed by atoms with Gasteiger partial charge in [-0.3, -0.25) is 0 Å². The number of hydrogen-bond donors (Lipinski definition) is 0. The van der Waals surface area contributed by atoms with Gasteiger partial charge in [-0.1, -0.05) is 178 Å². The van der Waals surface area contributed by atoms with Gasteiger partial charge in [0.2, 0.25) is 0 Å². The van der Waals surface area contributed by atoms with Crippen LogP contribution in [0.2, 0.25) is 0 Å². The molecule has 0 N–H and O–H groups in total. The molecule has 0 amide bonds. The minimum absolute atomic E-state index is 0.0976. The van der Waals surface area contributed by atoms with Gasteiger partial charge in [0.15, 0.2) is 0 Å². The Kier molecular flexibility index (Phi) is 8.53. The molecule has 9 aromatic carbocycles. The summed E-state index contributed by atoms with van der Waals surface area (Å²) in [5.74, 6) is 0. The maximum atomic E-state index is 2.42. The van der Waals surface area contributed by atoms with E-state index in [0.717, 1.165) is 45.3 Å². The third-order valence-corrected chi connectivity index (χ3v) is 11.7. The van der Waals surface area contributed by atoms with E-state index in [9.17, 15) is 0 Å². The molecule has 0 saturated heterocycles. The van der Waals surface area contributed by atoms with E-state index in [1.807, 2.05) is 0 Å². The minimum atomic E-state index is -0.0976. The molecule has 10 rings (SSSR count). The number of nitrogens with zero attached hydrogens (tertiary/aromatic N) is 2. The fourth-order valence-corrected chi connectivity index (χ4v) is 8.88. The standard InChI is InChI=1S/C55H42N2/c1-55(2)50-28-14-11-27-48(50)49-37-36-44(38-51(49)55)56(42-20-5-3-6-21-42)52-29-15-12-25-46(52)40-32-34-41(35-33-40)47-26-13-16-30-53(47)57(43-22-7-4-8-23-43)54-31-17-19-39-18-9-10-24-45(39)54/h3-38H,1-2H3. The van der Waals surface area contributed by atoms with Gasteiger partial charge in [-0.15, -0.1) is 0 Å². The molecule has 0 fully saturated rings. The molecule has 2 nitrogen and oxygen atoms in total. The summed E-state index contributed by atoms with van der Waals surface area (Å²) in [5.41, 5.74) is 16.8. The number of anilines is 6. The van der Waals surface area contributed by atoms with Crippen LogP contribution in [0.3, 0.4) is 0 Å². The first kappa shape index (κ1) is 34.3. The van der Waals surface area contributed by atoms with Gasteiger partial charge >= 0.3 is 0 Å². The molecule has 9 aromatic rings. The fourth-order valence-electron chi connectivity index (χ4n) is 8.88. The molecule has 1 aliphatic carbocycles. The first-order valence-electron chi connectivity index (χ1n) is 19.8. The molecule has 0 heterocycles. The van der Waals surface area contributed by atoms with Crippen molar-refractivity contribution in [2.75, 3.05) is 9.80 Å². The average molecular weight is 731 g/mol. The second-order valence-corrected chi connectivity index (χ2v) is 15.4. The van der Waals surface area contributed by atoms with Crippen LogP contribution in [0.15, 0.2) is 218 Å². The van der Waals surface area contributed by atoms with Gasteiger partial charge in [0, 0.05) is 39.0 Å². The van der Waals surface area contributed by atoms with Gasteiger partial charge in [0.1, 0.15) is 0 Å². The highest BCUT2D eigenvalue weighted by molar-refractivity contribution is 6.01. The maximum Gasteiger partial charge on any atom is 0.0540 e. The van der Waals surface area contributed by atoms with Crippen LogP contribution < -0.4 is 9.80 Å². The quantitative estimate of drug-likeness (QED) is 0.154. The van der Waals surface area contributed by atoms with Gasteiger partial charge < -0.3 is 9.80 Å². The van der Waals surface area contributed by atoms with Crippen molar-refractivity contribution >= 4 is 44.9 Å². The Balaban J connectivity index is 1.07. The summed E-state index contributed by atoms with van der Waals surface area (Å²) in [7, 11) is 0. The number of benzene rings is 9. The van der Waals surface area contributed by atoms with Gasteiger partial charge in [-0.25, -0.2) is 0 Å². The lowest BCUT2D eigenvalue weighted by molar-refractivity contribution is 0.660. The first-order valence-corrected chi connectivity index (χ1v) is 19.8. The number of fused-ring (bicyclic) bond motifs is 4. The van der Waals surface area contributed by atoms with Crippen LogP contribution in [-0.2, 0) is 5.41 Å². The van der Waals surface area contributed by atoms with Crippen LogP contribution in [0.5, 0.6) is 0 Å². The zero-order chi connectivity index (χ0) is 38.3. The van der Waals surface area contributed by atoms with Crippen molar-refractivity contribution in [1.82, 2.24) is 0 Å². The van der Waals surface area contributed by atoms with Gasteiger partial charge in [-0.05, 0) is 93.4 Å². The van der Waals surface area contributed by atoms with Crippen LogP contribution in [0.25, 0.3) is 44.2 Å². The molecule has 0 spiro atoms. The summed E-state index contributed by atoms with van der Waals surface area (Å²) < 4.78 is 0. The van der Waals surface area contributed by atoms with Crippen molar-refractivity contribution in [1.29, 1.82) is 0 Å². The Morgan fingerprint density at radius 2 is 0.789 bits per heavy atom. The van der Waals surface area contributed by atoms with Gasteiger partial charge in [0.25, 0.3) is 0 Å². The van der Waals surface area contributed by atoms with Crippen LogP contribution in [0, 0.1) is 0 Å². The number of rotatable bonds is 8. The molecule has 0 radical (unpaired) electrons. The van der Waals surface area contributed by atoms with E-state index in [-0.39, 0.29) is 5.41 Å². The van der Waals surface area contributed by atoms with E-state index in [4.69, 9.17) is 0 Å². The summed E-state index contributed by atoms with van der Waals surface area (Å²) in [6.07, 6.45) is 0. The largest absolute Gasteiger partial charge is 0.310 e. The normalized spacial score (nSPS) is 12.5. The van der Waals surface area contributed by atoms with E-state index in [1.165, 1.54) is 44.2 Å². The lowest BCUT2D eigenvalue weighted by Crippen LogP contribution is -2.16. The topological polar surface area (TPSA) is 6.48 Å². The molecule has 0 unspecified atom stereocenters. The Bertz CT molecular complexity index is 2870. The lowest BCUT2D eigenvalue weighted by Gasteiger charge is -2.30. The SMILES string of the molecule is CC1(C)c2ccccc2-c2ccc(N(c3ccccc3)c3ccccc3-c3ccc(-c4ccccc4N(c4ccccc4)c4cccc5ccccc45)cc3)cc21. The predicted octanol–water partition coefficient (Wildman–Crippen LogP) is 15.4. The zero-order valence-electron chi connectivity index (χ0n) is 32.2. The van der Waals surface area contributed by atoms with E-state index in [0.29, 0.717) is 0 Å². The molecule has 0 aromatic heterocycles. The summed E-state index contributed by atoms with van der Waals surface area (Å²) in [4.78, 5) is 4.81. The Morgan fingerprint density at radius 3 is 1.46 bits per heavy atom. The van der Waals surface area contributed by atoms with Gasteiger partial charge in [-0.2, -0.15) is 0 Å². The highest BCUT2D eigenvalue weighted by Crippen LogP contribution is 2.51. The number of hydrogen-bond acceptors (Lipinski definition) is 2. The maximum absolute atomic E-state index is 2.42. The Morgan fingerprint density at radius 1 is 0.316 bits per heavy atom. The second-order valence-electron chi connectivity index (χ2n) is 15.4. The molecule has 0 aliphatic heterocycles. The third-order valence-electron chi connectivity index (χ3n) is 11.7. The zero-order valence-corrected chi connectivity index (χ0v) is 32.2. The highest BCUT2D eigenvalue weighted by Gasteiger charge is 2.36. The number of para-hydroxylation sites is 4.